The predicted molar refractivity (Wildman–Crippen MR) is 102 cm³/mol. The molecule has 1 aromatic carbocycles. The fourth-order valence-corrected chi connectivity index (χ4v) is 2.79. The Morgan fingerprint density at radius 2 is 1.50 bits per heavy atom. The molecule has 0 aliphatic rings. The third-order valence-corrected chi connectivity index (χ3v) is 3.76. The van der Waals surface area contributed by atoms with Gasteiger partial charge in [0.25, 0.3) is 11.8 Å². The zero-order valence-corrected chi connectivity index (χ0v) is 16.6. The minimum absolute atomic E-state index is 0.0325. The molecule has 7 heteroatoms. The van der Waals surface area contributed by atoms with E-state index >= 15 is 0 Å². The van der Waals surface area contributed by atoms with Crippen molar-refractivity contribution in [3.8, 4) is 0 Å². The van der Waals surface area contributed by atoms with E-state index in [1.807, 2.05) is 46.8 Å². The predicted octanol–water partition coefficient (Wildman–Crippen LogP) is -0.294. The minimum atomic E-state index is -0.267. The maximum absolute atomic E-state index is 12.3. The summed E-state index contributed by atoms with van der Waals surface area (Å²) in [4.78, 5) is 36.4. The van der Waals surface area contributed by atoms with Crippen molar-refractivity contribution >= 4 is 23.4 Å². The van der Waals surface area contributed by atoms with E-state index in [1.54, 1.807) is 7.05 Å². The Morgan fingerprint density at radius 3 is 2.04 bits per heavy atom. The number of likely N-dealkylation sites (N-methyl/N-ethyl adjacent to an activating group) is 1. The summed E-state index contributed by atoms with van der Waals surface area (Å²) in [6, 6.07) is 4.08. The van der Waals surface area contributed by atoms with Crippen LogP contribution in [0.1, 0.15) is 30.5 Å². The molecule has 0 bridgehead atoms. The second-order valence-electron chi connectivity index (χ2n) is 7.13. The summed E-state index contributed by atoms with van der Waals surface area (Å²) in [5, 5.41) is 8.19. The number of carbonyl (C=O) groups is 3. The Morgan fingerprint density at radius 1 is 0.962 bits per heavy atom. The van der Waals surface area contributed by atoms with Gasteiger partial charge in [-0.2, -0.15) is 0 Å². The lowest BCUT2D eigenvalue weighted by molar-refractivity contribution is -0.862. The molecule has 0 saturated heterocycles. The normalized spacial score (nSPS) is 11.8. The quantitative estimate of drug-likeness (QED) is 0.511. The number of nitrogens with one attached hydrogen (secondary N) is 4. The van der Waals surface area contributed by atoms with Crippen LogP contribution in [0.25, 0.3) is 0 Å². The number of aryl methyl sites for hydroxylation is 3. The van der Waals surface area contributed by atoms with Crippen molar-refractivity contribution in [1.29, 1.82) is 0 Å². The fourth-order valence-electron chi connectivity index (χ4n) is 2.79. The van der Waals surface area contributed by atoms with Gasteiger partial charge in [0, 0.05) is 11.7 Å². The number of rotatable bonds is 8. The average molecular weight is 363 g/mol. The summed E-state index contributed by atoms with van der Waals surface area (Å²) in [5.74, 6) is -0.645. The van der Waals surface area contributed by atoms with Gasteiger partial charge in [-0.15, -0.1) is 0 Å². The first kappa shape index (κ1) is 21.6. The molecule has 0 aliphatic carbocycles. The zero-order chi connectivity index (χ0) is 19.9. The van der Waals surface area contributed by atoms with E-state index in [4.69, 9.17) is 0 Å². The molecule has 26 heavy (non-hydrogen) atoms. The summed E-state index contributed by atoms with van der Waals surface area (Å²) in [6.07, 6.45) is 0. The molecular formula is C19H31N4O3+. The molecule has 1 unspecified atom stereocenters. The first-order valence-electron chi connectivity index (χ1n) is 8.83. The van der Waals surface area contributed by atoms with E-state index in [9.17, 15) is 14.4 Å². The summed E-state index contributed by atoms with van der Waals surface area (Å²) < 4.78 is 0. The van der Waals surface area contributed by atoms with Crippen LogP contribution in [0.2, 0.25) is 0 Å². The number of hydrogen-bond donors (Lipinski definition) is 4. The topological polar surface area (TPSA) is 91.7 Å². The van der Waals surface area contributed by atoms with Crippen molar-refractivity contribution in [3.63, 3.8) is 0 Å². The number of hydrogen-bond acceptors (Lipinski definition) is 3. The molecule has 0 aromatic heterocycles. The van der Waals surface area contributed by atoms with Gasteiger partial charge in [-0.05, 0) is 45.7 Å². The number of benzene rings is 1. The largest absolute Gasteiger partial charge is 0.352 e. The maximum Gasteiger partial charge on any atom is 0.279 e. The van der Waals surface area contributed by atoms with Crippen LogP contribution in [0, 0.1) is 20.8 Å². The first-order valence-corrected chi connectivity index (χ1v) is 8.83. The van der Waals surface area contributed by atoms with Gasteiger partial charge in [0.2, 0.25) is 5.91 Å². The summed E-state index contributed by atoms with van der Waals surface area (Å²) in [5.41, 5.74) is 4.01. The molecule has 144 valence electrons. The number of anilines is 1. The molecule has 1 rings (SSSR count). The monoisotopic (exact) mass is 363 g/mol. The fraction of sp³-hybridized carbons (Fsp3) is 0.526. The highest BCUT2D eigenvalue weighted by atomic mass is 16.2. The van der Waals surface area contributed by atoms with E-state index in [1.165, 1.54) is 0 Å². The van der Waals surface area contributed by atoms with Gasteiger partial charge in [-0.3, -0.25) is 14.4 Å². The Bertz CT molecular complexity index is 648. The Labute approximate surface area is 155 Å². The van der Waals surface area contributed by atoms with Crippen LogP contribution in [-0.4, -0.2) is 50.4 Å². The molecule has 3 amide bonds. The molecule has 0 saturated carbocycles. The van der Waals surface area contributed by atoms with Gasteiger partial charge in [0.15, 0.2) is 13.1 Å². The Balaban J connectivity index is 2.45. The smallest absolute Gasteiger partial charge is 0.279 e. The average Bonchev–Trinajstić information content (AvgIpc) is 2.48. The summed E-state index contributed by atoms with van der Waals surface area (Å²) >= 11 is 0. The zero-order valence-electron chi connectivity index (χ0n) is 16.6. The maximum atomic E-state index is 12.3. The van der Waals surface area contributed by atoms with Crippen LogP contribution in [0.15, 0.2) is 12.1 Å². The molecule has 0 aliphatic heterocycles. The molecular weight excluding hydrogens is 332 g/mol. The van der Waals surface area contributed by atoms with Crippen LogP contribution in [0.3, 0.4) is 0 Å². The van der Waals surface area contributed by atoms with Crippen LogP contribution in [0.5, 0.6) is 0 Å². The molecule has 0 radical (unpaired) electrons. The number of quaternary nitrogens is 1. The minimum Gasteiger partial charge on any atom is -0.352 e. The highest BCUT2D eigenvalue weighted by Crippen LogP contribution is 2.21. The van der Waals surface area contributed by atoms with Gasteiger partial charge >= 0.3 is 0 Å². The third kappa shape index (κ3) is 7.65. The standard InChI is InChI=1S/C19H30N4O3/c1-12(2)21-16(24)9-20-17(25)10-23(6)11-18(26)22-19-14(4)7-13(3)8-15(19)5/h7-8,12H,9-11H2,1-6H3,(H,20,25)(H,21,24)(H,22,26)/p+1. The molecule has 4 N–H and O–H groups in total. The summed E-state index contributed by atoms with van der Waals surface area (Å²) in [6.45, 7) is 9.87. The van der Waals surface area contributed by atoms with Crippen molar-refractivity contribution in [2.45, 2.75) is 40.7 Å². The molecule has 0 fully saturated rings. The molecule has 1 atom stereocenters. The molecule has 1 aromatic rings. The molecule has 0 heterocycles. The van der Waals surface area contributed by atoms with E-state index in [0.29, 0.717) is 0 Å². The second-order valence-corrected chi connectivity index (χ2v) is 7.13. The number of carbonyl (C=O) groups excluding carboxylic acids is 3. The number of amides is 3. The molecule has 7 nitrogen and oxygen atoms in total. The molecule has 0 spiro atoms. The van der Waals surface area contributed by atoms with Crippen molar-refractivity contribution in [2.24, 2.45) is 0 Å². The van der Waals surface area contributed by atoms with Crippen molar-refractivity contribution in [2.75, 3.05) is 32.0 Å². The van der Waals surface area contributed by atoms with Gasteiger partial charge in [-0.1, -0.05) is 17.7 Å². The van der Waals surface area contributed by atoms with Crippen LogP contribution < -0.4 is 20.9 Å². The SMILES string of the molecule is Cc1cc(C)c(NC(=O)C[NH+](C)CC(=O)NCC(=O)NC(C)C)c(C)c1. The van der Waals surface area contributed by atoms with Crippen LogP contribution in [0.4, 0.5) is 5.69 Å². The highest BCUT2D eigenvalue weighted by molar-refractivity contribution is 5.93. The van der Waals surface area contributed by atoms with Crippen LogP contribution >= 0.6 is 0 Å². The van der Waals surface area contributed by atoms with Gasteiger partial charge in [0.05, 0.1) is 13.6 Å². The van der Waals surface area contributed by atoms with Crippen molar-refractivity contribution in [3.05, 3.63) is 28.8 Å². The highest BCUT2D eigenvalue weighted by Gasteiger charge is 2.16. The second kappa shape index (κ2) is 9.91. The van der Waals surface area contributed by atoms with E-state index in [-0.39, 0.29) is 43.4 Å². The van der Waals surface area contributed by atoms with Gasteiger partial charge in [0.1, 0.15) is 0 Å². The first-order chi connectivity index (χ1) is 12.1. The Kier molecular flexibility index (Phi) is 8.25. The lowest BCUT2D eigenvalue weighted by Gasteiger charge is -2.16. The van der Waals surface area contributed by atoms with Gasteiger partial charge < -0.3 is 20.9 Å². The summed E-state index contributed by atoms with van der Waals surface area (Å²) in [7, 11) is 1.77. The van der Waals surface area contributed by atoms with E-state index in [0.717, 1.165) is 27.3 Å². The van der Waals surface area contributed by atoms with Gasteiger partial charge in [-0.25, -0.2) is 0 Å². The Hall–Kier alpha value is -2.41. The lowest BCUT2D eigenvalue weighted by Crippen LogP contribution is -3.11. The third-order valence-electron chi connectivity index (χ3n) is 3.76. The van der Waals surface area contributed by atoms with Crippen molar-refractivity contribution < 1.29 is 19.3 Å². The lowest BCUT2D eigenvalue weighted by atomic mass is 10.1. The van der Waals surface area contributed by atoms with E-state index in [2.05, 4.69) is 16.0 Å². The van der Waals surface area contributed by atoms with Crippen LogP contribution in [-0.2, 0) is 14.4 Å². The van der Waals surface area contributed by atoms with Crippen molar-refractivity contribution in [1.82, 2.24) is 10.6 Å². The van der Waals surface area contributed by atoms with E-state index < -0.39 is 0 Å².